The van der Waals surface area contributed by atoms with Crippen LogP contribution in [0.1, 0.15) is 202 Å². The Kier molecular flexibility index (Phi) is 26.2. The average molecular weight is 926 g/mol. The van der Waals surface area contributed by atoms with Gasteiger partial charge < -0.3 is 28.4 Å². The Labute approximate surface area is 406 Å². The maximum Gasteiger partial charge on any atom is 0.332 e. The van der Waals surface area contributed by atoms with E-state index in [2.05, 4.69) is 64.7 Å². The van der Waals surface area contributed by atoms with E-state index in [1.807, 2.05) is 0 Å². The van der Waals surface area contributed by atoms with Crippen molar-refractivity contribution in [3.05, 3.63) is 23.8 Å². The molecule has 0 radical (unpaired) electrons. The van der Waals surface area contributed by atoms with E-state index in [0.717, 1.165) is 94.2 Å². The number of rotatable bonds is 35. The van der Waals surface area contributed by atoms with E-state index in [4.69, 9.17) is 28.4 Å². The van der Waals surface area contributed by atoms with E-state index in [0.29, 0.717) is 31.8 Å². The van der Waals surface area contributed by atoms with E-state index in [1.54, 1.807) is 5.57 Å². The van der Waals surface area contributed by atoms with Crippen LogP contribution in [0.5, 0.6) is 0 Å². The maximum absolute atomic E-state index is 12.7. The van der Waals surface area contributed by atoms with Gasteiger partial charge in [0.25, 0.3) is 0 Å². The number of hydrogen-bond acceptors (Lipinski definition) is 8. The molecule has 1 unspecified atom stereocenters. The van der Waals surface area contributed by atoms with Crippen LogP contribution in [0, 0.1) is 46.3 Å². The zero-order valence-corrected chi connectivity index (χ0v) is 43.8. The van der Waals surface area contributed by atoms with E-state index in [1.165, 1.54) is 141 Å². The van der Waals surface area contributed by atoms with Crippen molar-refractivity contribution in [2.45, 2.75) is 214 Å². The molecule has 0 N–H and O–H groups in total. The smallest absolute Gasteiger partial charge is 0.332 e. The summed E-state index contributed by atoms with van der Waals surface area (Å²) in [6.07, 6.45) is 40.1. The zero-order valence-electron chi connectivity index (χ0n) is 43.8. The molecule has 1 aliphatic heterocycles. The van der Waals surface area contributed by atoms with Gasteiger partial charge in [0.05, 0.1) is 51.8 Å². The van der Waals surface area contributed by atoms with Crippen molar-refractivity contribution in [1.82, 2.24) is 4.90 Å². The van der Waals surface area contributed by atoms with Gasteiger partial charge in [-0.25, -0.2) is 4.79 Å². The lowest BCUT2D eigenvalue weighted by atomic mass is 9.47. The van der Waals surface area contributed by atoms with E-state index < -0.39 is 0 Å². The number of carbonyl (C=O) groups is 1. The molecule has 3 saturated carbocycles. The minimum Gasteiger partial charge on any atom is -0.462 e. The highest BCUT2D eigenvalue weighted by Gasteiger charge is 2.59. The van der Waals surface area contributed by atoms with Gasteiger partial charge in [-0.05, 0) is 130 Å². The van der Waals surface area contributed by atoms with Gasteiger partial charge in [-0.1, -0.05) is 142 Å². The van der Waals surface area contributed by atoms with Gasteiger partial charge in [-0.3, -0.25) is 4.90 Å². The lowest BCUT2D eigenvalue weighted by Gasteiger charge is -2.58. The second-order valence-corrected chi connectivity index (χ2v) is 22.7. The molecule has 0 aromatic rings. The first-order valence-electron chi connectivity index (χ1n) is 28.3. The molecule has 1 heterocycles. The Morgan fingerprint density at radius 3 is 2.23 bits per heavy atom. The number of unbranched alkanes of at least 4 members (excludes halogenated alkanes) is 12. The molecule has 4 fully saturated rings. The Morgan fingerprint density at radius 1 is 0.773 bits per heavy atom. The minimum atomic E-state index is -0.300. The molecule has 66 heavy (non-hydrogen) atoms. The summed E-state index contributed by atoms with van der Waals surface area (Å²) in [5.74, 6) is 4.77. The van der Waals surface area contributed by atoms with Crippen molar-refractivity contribution >= 4 is 5.97 Å². The first-order chi connectivity index (χ1) is 32.1. The summed E-state index contributed by atoms with van der Waals surface area (Å²) in [5.41, 5.74) is 2.41. The van der Waals surface area contributed by atoms with Crippen LogP contribution in [0.25, 0.3) is 0 Å². The fourth-order valence-electron chi connectivity index (χ4n) is 13.5. The standard InChI is InChI=1S/C58H103NO7/c1-7-8-9-10-11-12-13-14-15-16-17-18-19-20-21-22-36-63-45-51(44-59-34-37-61-38-35-59)64-41-39-62-40-42-65-56(60)46-66-50-30-32-57(5)49(43-50)26-27-52-54-29-28-53(48(4)25-23-24-47(2)3)58(54,6)33-31-55(52)57/h14-15,26,47-48,50-55H,7-13,16-25,27-46H2,1-6H3/t48-,50+,51?,52+,53-,54+,55+,57+,58-/m1/s1. The van der Waals surface area contributed by atoms with Crippen molar-refractivity contribution in [1.29, 1.82) is 0 Å². The minimum absolute atomic E-state index is 0.00387. The third kappa shape index (κ3) is 18.5. The molecule has 9 atom stereocenters. The Morgan fingerprint density at radius 2 is 1.48 bits per heavy atom. The molecule has 0 amide bonds. The molecule has 0 aromatic carbocycles. The summed E-state index contributed by atoms with van der Waals surface area (Å²) in [6, 6.07) is 0. The quantitative estimate of drug-likeness (QED) is 0.0353. The fourth-order valence-corrected chi connectivity index (χ4v) is 13.5. The van der Waals surface area contributed by atoms with Crippen LogP contribution in [-0.4, -0.2) is 102 Å². The molecular weight excluding hydrogens is 823 g/mol. The van der Waals surface area contributed by atoms with Crippen LogP contribution in [0.4, 0.5) is 0 Å². The van der Waals surface area contributed by atoms with Crippen LogP contribution in [0.3, 0.4) is 0 Å². The topological polar surface area (TPSA) is 75.7 Å². The van der Waals surface area contributed by atoms with E-state index >= 15 is 0 Å². The number of carbonyl (C=O) groups excluding carboxylic acids is 1. The molecule has 5 rings (SSSR count). The summed E-state index contributed by atoms with van der Waals surface area (Å²) in [6.45, 7) is 22.0. The predicted molar refractivity (Wildman–Crippen MR) is 272 cm³/mol. The van der Waals surface area contributed by atoms with E-state index in [9.17, 15) is 4.79 Å². The fraction of sp³-hybridized carbons (Fsp3) is 0.914. The molecule has 4 aliphatic carbocycles. The average Bonchev–Trinajstić information content (AvgIpc) is 3.67. The van der Waals surface area contributed by atoms with Crippen molar-refractivity contribution in [3.63, 3.8) is 0 Å². The third-order valence-corrected chi connectivity index (χ3v) is 17.4. The molecule has 8 nitrogen and oxygen atoms in total. The molecule has 0 aromatic heterocycles. The molecular formula is C58H103NO7. The highest BCUT2D eigenvalue weighted by Crippen LogP contribution is 2.67. The monoisotopic (exact) mass is 926 g/mol. The lowest BCUT2D eigenvalue weighted by Crippen LogP contribution is -2.51. The molecule has 0 spiro atoms. The Balaban J connectivity index is 0.886. The molecule has 1 saturated heterocycles. The summed E-state index contributed by atoms with van der Waals surface area (Å²) in [7, 11) is 0. The van der Waals surface area contributed by atoms with Gasteiger partial charge in [0.2, 0.25) is 0 Å². The molecule has 8 heteroatoms. The molecule has 0 bridgehead atoms. The van der Waals surface area contributed by atoms with Gasteiger partial charge in [0, 0.05) is 26.2 Å². The summed E-state index contributed by atoms with van der Waals surface area (Å²) in [4.78, 5) is 15.1. The summed E-state index contributed by atoms with van der Waals surface area (Å²) < 4.78 is 35.5. The van der Waals surface area contributed by atoms with Crippen molar-refractivity contribution in [2.24, 2.45) is 46.3 Å². The van der Waals surface area contributed by atoms with Crippen LogP contribution < -0.4 is 0 Å². The van der Waals surface area contributed by atoms with Crippen LogP contribution in [0.15, 0.2) is 23.8 Å². The van der Waals surface area contributed by atoms with Crippen molar-refractivity contribution in [2.75, 3.05) is 79.1 Å². The van der Waals surface area contributed by atoms with Crippen LogP contribution >= 0.6 is 0 Å². The number of ether oxygens (including phenoxy) is 6. The van der Waals surface area contributed by atoms with Crippen molar-refractivity contribution in [3.8, 4) is 0 Å². The van der Waals surface area contributed by atoms with Gasteiger partial charge in [-0.15, -0.1) is 0 Å². The Hall–Kier alpha value is -1.29. The number of nitrogens with zero attached hydrogens (tertiary/aromatic N) is 1. The van der Waals surface area contributed by atoms with Gasteiger partial charge in [0.15, 0.2) is 0 Å². The number of hydrogen-bond donors (Lipinski definition) is 0. The first kappa shape index (κ1) is 55.6. The van der Waals surface area contributed by atoms with Crippen molar-refractivity contribution < 1.29 is 33.2 Å². The number of morpholine rings is 1. The molecule has 382 valence electrons. The lowest BCUT2D eigenvalue weighted by molar-refractivity contribution is -0.153. The van der Waals surface area contributed by atoms with Gasteiger partial charge >= 0.3 is 5.97 Å². The Bertz CT molecular complexity index is 1360. The third-order valence-electron chi connectivity index (χ3n) is 17.4. The summed E-state index contributed by atoms with van der Waals surface area (Å²) in [5, 5.41) is 0. The highest BCUT2D eigenvalue weighted by atomic mass is 16.6. The highest BCUT2D eigenvalue weighted by molar-refractivity contribution is 5.70. The second-order valence-electron chi connectivity index (χ2n) is 22.7. The van der Waals surface area contributed by atoms with Crippen LogP contribution in [0.2, 0.25) is 0 Å². The van der Waals surface area contributed by atoms with E-state index in [-0.39, 0.29) is 36.8 Å². The van der Waals surface area contributed by atoms with Crippen LogP contribution in [-0.2, 0) is 33.2 Å². The SMILES string of the molecule is CCCCCCCCC=CCCCCCCCCOCC(CN1CCOCC1)OCCOCCOC(=O)CO[C@H]1CC[C@@]2(C)C(=CC[C@H]3[C@@H]4CC[C@H]([C@H](C)CCCC(C)C)[C@@]4(C)CC[C@@H]32)C1. The number of esters is 1. The van der Waals surface area contributed by atoms with Gasteiger partial charge in [0.1, 0.15) is 13.2 Å². The number of allylic oxidation sites excluding steroid dienone is 3. The summed E-state index contributed by atoms with van der Waals surface area (Å²) >= 11 is 0. The zero-order chi connectivity index (χ0) is 46.9. The number of fused-ring (bicyclic) bond motifs is 5. The predicted octanol–water partition coefficient (Wildman–Crippen LogP) is 13.7. The largest absolute Gasteiger partial charge is 0.462 e. The normalized spacial score (nSPS) is 28.8. The molecule has 5 aliphatic rings. The van der Waals surface area contributed by atoms with Gasteiger partial charge in [-0.2, -0.15) is 0 Å². The first-order valence-corrected chi connectivity index (χ1v) is 28.3. The maximum atomic E-state index is 12.7. The second kappa shape index (κ2) is 31.1.